The lowest BCUT2D eigenvalue weighted by atomic mass is 10.1. The molecule has 0 aliphatic carbocycles. The van der Waals surface area contributed by atoms with Crippen LogP contribution in [-0.4, -0.2) is 47.3 Å². The van der Waals surface area contributed by atoms with Crippen molar-refractivity contribution in [2.45, 2.75) is 12.6 Å². The van der Waals surface area contributed by atoms with Crippen LogP contribution in [0.5, 0.6) is 0 Å². The standard InChI is InChI=1S/C12H15F3N2O2/c1-17(7-5-9-4-2-3-6-16-9)8-10(11(18)19)12(13,14)15/h2-4,6,10H,5,7-8H2,1H3,(H,18,19). The van der Waals surface area contributed by atoms with Crippen molar-refractivity contribution in [1.29, 1.82) is 0 Å². The molecule has 0 saturated heterocycles. The summed E-state index contributed by atoms with van der Waals surface area (Å²) in [4.78, 5) is 16.0. The van der Waals surface area contributed by atoms with Crippen LogP contribution in [0, 0.1) is 5.92 Å². The second-order valence-corrected chi connectivity index (χ2v) is 4.27. The number of aromatic nitrogens is 1. The van der Waals surface area contributed by atoms with Crippen molar-refractivity contribution in [3.05, 3.63) is 30.1 Å². The predicted octanol–water partition coefficient (Wildman–Crippen LogP) is 1.82. The third-order valence-electron chi connectivity index (χ3n) is 2.66. The molecule has 1 N–H and O–H groups in total. The maximum absolute atomic E-state index is 12.5. The first-order chi connectivity index (χ1) is 8.80. The number of rotatable bonds is 6. The van der Waals surface area contributed by atoms with E-state index in [4.69, 9.17) is 5.11 Å². The Morgan fingerprint density at radius 2 is 2.16 bits per heavy atom. The summed E-state index contributed by atoms with van der Waals surface area (Å²) in [6, 6.07) is 5.31. The quantitative estimate of drug-likeness (QED) is 0.861. The summed E-state index contributed by atoms with van der Waals surface area (Å²) in [6.45, 7) is -0.247. The number of carbonyl (C=O) groups is 1. The Bertz CT molecular complexity index is 409. The largest absolute Gasteiger partial charge is 0.481 e. The average Bonchev–Trinajstić information content (AvgIpc) is 2.33. The Hall–Kier alpha value is -1.63. The minimum absolute atomic E-state index is 0.316. The van der Waals surface area contributed by atoms with Gasteiger partial charge in [-0.3, -0.25) is 9.78 Å². The van der Waals surface area contributed by atoms with E-state index in [0.717, 1.165) is 5.69 Å². The molecule has 1 unspecified atom stereocenters. The molecular formula is C12H15F3N2O2. The van der Waals surface area contributed by atoms with E-state index < -0.39 is 24.6 Å². The summed E-state index contributed by atoms with van der Waals surface area (Å²) >= 11 is 0. The van der Waals surface area contributed by atoms with Gasteiger partial charge >= 0.3 is 12.1 Å². The van der Waals surface area contributed by atoms with Crippen LogP contribution in [0.1, 0.15) is 5.69 Å². The second kappa shape index (κ2) is 6.51. The number of halogens is 3. The number of hydrogen-bond acceptors (Lipinski definition) is 3. The third kappa shape index (κ3) is 5.25. The van der Waals surface area contributed by atoms with Gasteiger partial charge in [-0.25, -0.2) is 0 Å². The zero-order valence-corrected chi connectivity index (χ0v) is 10.4. The fourth-order valence-corrected chi connectivity index (χ4v) is 1.58. The van der Waals surface area contributed by atoms with Crippen LogP contribution < -0.4 is 0 Å². The topological polar surface area (TPSA) is 53.4 Å². The van der Waals surface area contributed by atoms with Crippen LogP contribution >= 0.6 is 0 Å². The third-order valence-corrected chi connectivity index (χ3v) is 2.66. The lowest BCUT2D eigenvalue weighted by Crippen LogP contribution is -2.40. The van der Waals surface area contributed by atoms with E-state index in [1.807, 2.05) is 0 Å². The fourth-order valence-electron chi connectivity index (χ4n) is 1.58. The summed E-state index contributed by atoms with van der Waals surface area (Å²) < 4.78 is 37.4. The van der Waals surface area contributed by atoms with Gasteiger partial charge in [0.2, 0.25) is 0 Å². The van der Waals surface area contributed by atoms with E-state index in [1.54, 1.807) is 24.4 Å². The summed E-state index contributed by atoms with van der Waals surface area (Å²) in [5.41, 5.74) is 0.758. The van der Waals surface area contributed by atoms with Gasteiger partial charge in [-0.05, 0) is 19.2 Å². The number of aliphatic carboxylic acids is 1. The van der Waals surface area contributed by atoms with Crippen molar-refractivity contribution in [3.63, 3.8) is 0 Å². The zero-order valence-electron chi connectivity index (χ0n) is 10.4. The molecule has 1 rings (SSSR count). The number of pyridine rings is 1. The van der Waals surface area contributed by atoms with Gasteiger partial charge in [-0.15, -0.1) is 0 Å². The summed E-state index contributed by atoms with van der Waals surface area (Å²) in [7, 11) is 1.46. The minimum atomic E-state index is -4.73. The van der Waals surface area contributed by atoms with Crippen LogP contribution in [0.15, 0.2) is 24.4 Å². The highest BCUT2D eigenvalue weighted by atomic mass is 19.4. The molecule has 4 nitrogen and oxygen atoms in total. The SMILES string of the molecule is CN(CCc1ccccn1)CC(C(=O)O)C(F)(F)F. The Morgan fingerprint density at radius 3 is 2.63 bits per heavy atom. The highest BCUT2D eigenvalue weighted by Gasteiger charge is 2.45. The molecular weight excluding hydrogens is 261 g/mol. The molecule has 0 fully saturated rings. The van der Waals surface area contributed by atoms with Gasteiger partial charge in [0, 0.05) is 31.4 Å². The van der Waals surface area contributed by atoms with Crippen LogP contribution in [0.4, 0.5) is 13.2 Å². The average molecular weight is 276 g/mol. The number of hydrogen-bond donors (Lipinski definition) is 1. The number of likely N-dealkylation sites (N-methyl/N-ethyl adjacent to an activating group) is 1. The Kier molecular flexibility index (Phi) is 5.29. The lowest BCUT2D eigenvalue weighted by Gasteiger charge is -2.22. The number of alkyl halides is 3. The first-order valence-electron chi connectivity index (χ1n) is 5.68. The smallest absolute Gasteiger partial charge is 0.403 e. The van der Waals surface area contributed by atoms with E-state index in [-0.39, 0.29) is 0 Å². The molecule has 0 aromatic carbocycles. The molecule has 1 heterocycles. The van der Waals surface area contributed by atoms with Crippen molar-refractivity contribution in [2.24, 2.45) is 5.92 Å². The van der Waals surface area contributed by atoms with Gasteiger partial charge in [-0.1, -0.05) is 6.07 Å². The highest BCUT2D eigenvalue weighted by molar-refractivity contribution is 5.71. The molecule has 0 aliphatic rings. The Morgan fingerprint density at radius 1 is 1.47 bits per heavy atom. The Balaban J connectivity index is 2.50. The van der Waals surface area contributed by atoms with E-state index in [0.29, 0.717) is 13.0 Å². The molecule has 0 aliphatic heterocycles. The lowest BCUT2D eigenvalue weighted by molar-refractivity contribution is -0.196. The molecule has 19 heavy (non-hydrogen) atoms. The summed E-state index contributed by atoms with van der Waals surface area (Å²) in [5.74, 6) is -4.21. The molecule has 1 aromatic heterocycles. The maximum Gasteiger partial charge on any atom is 0.403 e. The van der Waals surface area contributed by atoms with Crippen LogP contribution in [-0.2, 0) is 11.2 Å². The van der Waals surface area contributed by atoms with E-state index in [1.165, 1.54) is 11.9 Å². The zero-order chi connectivity index (χ0) is 14.5. The van der Waals surface area contributed by atoms with Crippen molar-refractivity contribution < 1.29 is 23.1 Å². The van der Waals surface area contributed by atoms with Gasteiger partial charge in [0.25, 0.3) is 0 Å². The van der Waals surface area contributed by atoms with Crippen molar-refractivity contribution >= 4 is 5.97 Å². The van der Waals surface area contributed by atoms with Gasteiger partial charge < -0.3 is 10.0 Å². The second-order valence-electron chi connectivity index (χ2n) is 4.27. The first-order valence-corrected chi connectivity index (χ1v) is 5.68. The normalized spacial score (nSPS) is 13.5. The van der Waals surface area contributed by atoms with Gasteiger partial charge in [0.05, 0.1) is 0 Å². The van der Waals surface area contributed by atoms with Gasteiger partial charge in [0.15, 0.2) is 5.92 Å². The van der Waals surface area contributed by atoms with Gasteiger partial charge in [-0.2, -0.15) is 13.2 Å². The maximum atomic E-state index is 12.5. The molecule has 0 amide bonds. The monoisotopic (exact) mass is 276 g/mol. The van der Waals surface area contributed by atoms with E-state index >= 15 is 0 Å². The molecule has 106 valence electrons. The molecule has 1 atom stereocenters. The molecule has 0 spiro atoms. The Labute approximate surface area is 108 Å². The van der Waals surface area contributed by atoms with Crippen molar-refractivity contribution in [2.75, 3.05) is 20.1 Å². The molecule has 1 aromatic rings. The molecule has 0 radical (unpaired) electrons. The van der Waals surface area contributed by atoms with E-state index in [9.17, 15) is 18.0 Å². The first kappa shape index (κ1) is 15.4. The fraction of sp³-hybridized carbons (Fsp3) is 0.500. The number of nitrogens with zero attached hydrogens (tertiary/aromatic N) is 2. The van der Waals surface area contributed by atoms with Crippen LogP contribution in [0.25, 0.3) is 0 Å². The van der Waals surface area contributed by atoms with Crippen molar-refractivity contribution in [3.8, 4) is 0 Å². The highest BCUT2D eigenvalue weighted by Crippen LogP contribution is 2.27. The summed E-state index contributed by atoms with van der Waals surface area (Å²) in [5, 5.41) is 8.58. The van der Waals surface area contributed by atoms with Crippen LogP contribution in [0.2, 0.25) is 0 Å². The minimum Gasteiger partial charge on any atom is -0.481 e. The molecule has 7 heteroatoms. The molecule has 0 saturated carbocycles. The van der Waals surface area contributed by atoms with Crippen LogP contribution in [0.3, 0.4) is 0 Å². The predicted molar refractivity (Wildman–Crippen MR) is 62.6 cm³/mol. The van der Waals surface area contributed by atoms with Crippen molar-refractivity contribution in [1.82, 2.24) is 9.88 Å². The molecule has 0 bridgehead atoms. The summed E-state index contributed by atoms with van der Waals surface area (Å²) in [6.07, 6.45) is -2.66. The number of carboxylic acids is 1. The van der Waals surface area contributed by atoms with Gasteiger partial charge in [0.1, 0.15) is 0 Å². The van der Waals surface area contributed by atoms with E-state index in [2.05, 4.69) is 4.98 Å². The number of carboxylic acid groups (broad SMARTS) is 1.